The Balaban J connectivity index is 1.21. The van der Waals surface area contributed by atoms with E-state index in [9.17, 15) is 22.8 Å². The van der Waals surface area contributed by atoms with Crippen LogP contribution < -0.4 is 5.32 Å². The van der Waals surface area contributed by atoms with Crippen molar-refractivity contribution in [3.63, 3.8) is 0 Å². The third kappa shape index (κ3) is 4.48. The summed E-state index contributed by atoms with van der Waals surface area (Å²) in [6.07, 6.45) is -3.86. The third-order valence-corrected chi connectivity index (χ3v) is 5.48. The van der Waals surface area contributed by atoms with Crippen LogP contribution in [-0.2, 0) is 27.1 Å². The largest absolute Gasteiger partial charge is 0.416 e. The number of fused-ring (bicyclic) bond motifs is 1. The first-order valence-corrected chi connectivity index (χ1v) is 9.52. The quantitative estimate of drug-likeness (QED) is 0.818. The molecule has 3 aliphatic heterocycles. The fraction of sp³-hybridized carbons (Fsp3) is 0.579. The Hall–Kier alpha value is -2.33. The van der Waals surface area contributed by atoms with Crippen LogP contribution in [0.15, 0.2) is 24.3 Å². The molecule has 7 nitrogen and oxygen atoms in total. The van der Waals surface area contributed by atoms with Crippen molar-refractivity contribution >= 4 is 11.9 Å². The number of halogens is 3. The fourth-order valence-corrected chi connectivity index (χ4v) is 3.78. The molecule has 29 heavy (non-hydrogen) atoms. The van der Waals surface area contributed by atoms with Gasteiger partial charge in [0.15, 0.2) is 0 Å². The number of hydrogen-bond donors (Lipinski definition) is 1. The molecular weight excluding hydrogens is 391 g/mol. The van der Waals surface area contributed by atoms with Gasteiger partial charge in [-0.15, -0.1) is 0 Å². The van der Waals surface area contributed by atoms with Gasteiger partial charge >= 0.3 is 12.2 Å². The molecule has 3 saturated heterocycles. The summed E-state index contributed by atoms with van der Waals surface area (Å²) >= 11 is 0. The topological polar surface area (TPSA) is 71.1 Å². The molecule has 3 heterocycles. The van der Waals surface area contributed by atoms with Crippen molar-refractivity contribution in [2.75, 3.05) is 32.8 Å². The summed E-state index contributed by atoms with van der Waals surface area (Å²) in [5.41, 5.74) is -0.0390. The van der Waals surface area contributed by atoms with Crippen LogP contribution in [0.5, 0.6) is 0 Å². The molecule has 0 aliphatic carbocycles. The average molecular weight is 413 g/mol. The van der Waals surface area contributed by atoms with Crippen LogP contribution in [0, 0.1) is 0 Å². The number of ether oxygens (including phenoxy) is 2. The second kappa shape index (κ2) is 7.83. The molecule has 0 aromatic heterocycles. The zero-order valence-electron chi connectivity index (χ0n) is 15.7. The lowest BCUT2D eigenvalue weighted by molar-refractivity contribution is -0.140. The third-order valence-electron chi connectivity index (χ3n) is 5.48. The summed E-state index contributed by atoms with van der Waals surface area (Å²) in [5, 5.41) is 2.87. The van der Waals surface area contributed by atoms with Crippen LogP contribution >= 0.6 is 0 Å². The molecule has 3 amide bonds. The van der Waals surface area contributed by atoms with Gasteiger partial charge in [-0.2, -0.15) is 13.2 Å². The molecule has 0 spiro atoms. The van der Waals surface area contributed by atoms with Gasteiger partial charge in [0.1, 0.15) is 6.61 Å². The number of amides is 3. The molecule has 4 rings (SSSR count). The summed E-state index contributed by atoms with van der Waals surface area (Å²) in [6, 6.07) is 4.59. The van der Waals surface area contributed by atoms with E-state index in [1.165, 1.54) is 12.1 Å². The maximum atomic E-state index is 12.6. The second-order valence-corrected chi connectivity index (χ2v) is 7.57. The zero-order valence-corrected chi connectivity index (χ0v) is 15.7. The molecule has 0 saturated carbocycles. The molecule has 0 bridgehead atoms. The Bertz CT molecular complexity index is 765. The van der Waals surface area contributed by atoms with Crippen LogP contribution in [0.25, 0.3) is 0 Å². The van der Waals surface area contributed by atoms with Crippen molar-refractivity contribution in [1.82, 2.24) is 15.1 Å². The van der Waals surface area contributed by atoms with Gasteiger partial charge in [-0.05, 0) is 24.1 Å². The van der Waals surface area contributed by atoms with Crippen molar-refractivity contribution in [2.24, 2.45) is 0 Å². The number of likely N-dealkylation sites (tertiary alicyclic amines) is 2. The maximum absolute atomic E-state index is 12.6. The van der Waals surface area contributed by atoms with Gasteiger partial charge in [0.25, 0.3) is 0 Å². The normalized spacial score (nSPS) is 25.3. The highest BCUT2D eigenvalue weighted by Crippen LogP contribution is 2.29. The number of hydrogen-bond acceptors (Lipinski definition) is 4. The molecule has 3 aliphatic rings. The van der Waals surface area contributed by atoms with Crippen LogP contribution in [0.2, 0.25) is 0 Å². The number of alkyl halides is 3. The highest BCUT2D eigenvalue weighted by Gasteiger charge is 2.40. The smallest absolute Gasteiger partial charge is 0.370 e. The monoisotopic (exact) mass is 413 g/mol. The van der Waals surface area contributed by atoms with E-state index in [2.05, 4.69) is 5.32 Å². The first-order chi connectivity index (χ1) is 13.8. The SMILES string of the molecule is O=C1COC2CCN(C(=O)N3CC(OCc4ccc(C(F)(F)F)cc4)C3)C[C@H]2N1. The first kappa shape index (κ1) is 20.0. The number of carbonyl (C=O) groups is 2. The number of nitrogens with one attached hydrogen (secondary N) is 1. The molecule has 3 fully saturated rings. The Morgan fingerprint density at radius 2 is 1.90 bits per heavy atom. The minimum atomic E-state index is -4.35. The van der Waals surface area contributed by atoms with Crippen LogP contribution in [-0.4, -0.2) is 72.8 Å². The minimum Gasteiger partial charge on any atom is -0.370 e. The van der Waals surface area contributed by atoms with Gasteiger partial charge in [0, 0.05) is 13.1 Å². The van der Waals surface area contributed by atoms with E-state index >= 15 is 0 Å². The summed E-state index contributed by atoms with van der Waals surface area (Å²) in [4.78, 5) is 27.5. The molecule has 1 N–H and O–H groups in total. The fourth-order valence-electron chi connectivity index (χ4n) is 3.78. The predicted octanol–water partition coefficient (Wildman–Crippen LogP) is 1.62. The van der Waals surface area contributed by atoms with Crippen molar-refractivity contribution < 1.29 is 32.2 Å². The van der Waals surface area contributed by atoms with Crippen molar-refractivity contribution in [1.29, 1.82) is 0 Å². The summed E-state index contributed by atoms with van der Waals surface area (Å²) in [6.45, 7) is 2.13. The lowest BCUT2D eigenvalue weighted by atomic mass is 10.0. The molecular formula is C19H22F3N3O4. The lowest BCUT2D eigenvalue weighted by Gasteiger charge is -2.45. The Morgan fingerprint density at radius 1 is 1.17 bits per heavy atom. The minimum absolute atomic E-state index is 0.0482. The van der Waals surface area contributed by atoms with Gasteiger partial charge < -0.3 is 24.6 Å². The summed E-state index contributed by atoms with van der Waals surface area (Å²) < 4.78 is 48.9. The van der Waals surface area contributed by atoms with E-state index in [1.54, 1.807) is 9.80 Å². The van der Waals surface area contributed by atoms with Crippen molar-refractivity contribution in [3.05, 3.63) is 35.4 Å². The van der Waals surface area contributed by atoms with E-state index < -0.39 is 11.7 Å². The average Bonchev–Trinajstić information content (AvgIpc) is 2.65. The highest BCUT2D eigenvalue weighted by molar-refractivity contribution is 5.79. The van der Waals surface area contributed by atoms with Gasteiger partial charge in [-0.1, -0.05) is 12.1 Å². The number of nitrogens with zero attached hydrogens (tertiary/aromatic N) is 2. The Morgan fingerprint density at radius 3 is 2.59 bits per heavy atom. The Labute approximate surface area is 165 Å². The van der Waals surface area contributed by atoms with Gasteiger partial charge in [0.2, 0.25) is 5.91 Å². The summed E-state index contributed by atoms with van der Waals surface area (Å²) in [7, 11) is 0. The van der Waals surface area contributed by atoms with E-state index in [1.807, 2.05) is 0 Å². The zero-order chi connectivity index (χ0) is 20.6. The Kier molecular flexibility index (Phi) is 5.39. The number of morpholine rings is 1. The number of benzene rings is 1. The molecule has 1 unspecified atom stereocenters. The van der Waals surface area contributed by atoms with Crippen LogP contribution in [0.3, 0.4) is 0 Å². The molecule has 2 atom stereocenters. The van der Waals surface area contributed by atoms with Crippen molar-refractivity contribution in [2.45, 2.75) is 37.5 Å². The number of urea groups is 1. The van der Waals surface area contributed by atoms with Gasteiger partial charge in [-0.25, -0.2) is 4.79 Å². The van der Waals surface area contributed by atoms with E-state index in [0.717, 1.165) is 12.1 Å². The predicted molar refractivity (Wildman–Crippen MR) is 94.9 cm³/mol. The first-order valence-electron chi connectivity index (χ1n) is 9.52. The van der Waals surface area contributed by atoms with E-state index in [-0.39, 0.29) is 43.4 Å². The second-order valence-electron chi connectivity index (χ2n) is 7.57. The van der Waals surface area contributed by atoms with E-state index in [0.29, 0.717) is 38.2 Å². The highest BCUT2D eigenvalue weighted by atomic mass is 19.4. The molecule has 1 aromatic carbocycles. The van der Waals surface area contributed by atoms with Crippen LogP contribution in [0.4, 0.5) is 18.0 Å². The maximum Gasteiger partial charge on any atom is 0.416 e. The van der Waals surface area contributed by atoms with Gasteiger partial charge in [-0.3, -0.25) is 4.79 Å². The standard InChI is InChI=1S/C19H22F3N3O4/c20-19(21,22)13-3-1-12(2-4-13)10-28-14-7-25(8-14)18(27)24-6-5-16-15(9-24)23-17(26)11-29-16/h1-4,14-16H,5-11H2,(H,23,26)/t15-,16?/m1/s1. The number of rotatable bonds is 3. The van der Waals surface area contributed by atoms with Crippen LogP contribution in [0.1, 0.15) is 17.5 Å². The molecule has 10 heteroatoms. The molecule has 158 valence electrons. The molecule has 1 aromatic rings. The lowest BCUT2D eigenvalue weighted by Crippen LogP contribution is -2.65. The summed E-state index contributed by atoms with van der Waals surface area (Å²) in [5.74, 6) is -0.166. The number of carbonyl (C=O) groups excluding carboxylic acids is 2. The van der Waals surface area contributed by atoms with E-state index in [4.69, 9.17) is 9.47 Å². The van der Waals surface area contributed by atoms with Crippen molar-refractivity contribution in [3.8, 4) is 0 Å². The molecule has 0 radical (unpaired) electrons. The van der Waals surface area contributed by atoms with Gasteiger partial charge in [0.05, 0.1) is 43.5 Å². The number of piperidine rings is 1.